The summed E-state index contributed by atoms with van der Waals surface area (Å²) in [6, 6.07) is 7.36. The summed E-state index contributed by atoms with van der Waals surface area (Å²) in [5, 5.41) is 5.91. The summed E-state index contributed by atoms with van der Waals surface area (Å²) in [5.74, 6) is -1.33. The molecule has 7 nitrogen and oxygen atoms in total. The number of anilines is 1. The molecule has 7 heteroatoms. The lowest BCUT2D eigenvalue weighted by atomic mass is 9.95. The summed E-state index contributed by atoms with van der Waals surface area (Å²) in [4.78, 5) is 35.3. The largest absolute Gasteiger partial charge is 0.466 e. The molecule has 1 saturated carbocycles. The highest BCUT2D eigenvalue weighted by atomic mass is 16.5. The summed E-state index contributed by atoms with van der Waals surface area (Å²) in [5.41, 5.74) is 1.42. The first-order chi connectivity index (χ1) is 13.0. The molecule has 1 fully saturated rings. The van der Waals surface area contributed by atoms with E-state index in [1.807, 2.05) is 0 Å². The van der Waals surface area contributed by atoms with Gasteiger partial charge in [-0.3, -0.25) is 4.79 Å². The predicted molar refractivity (Wildman–Crippen MR) is 101 cm³/mol. The lowest BCUT2D eigenvalue weighted by molar-refractivity contribution is -0.138. The van der Waals surface area contributed by atoms with Gasteiger partial charge >= 0.3 is 11.9 Å². The van der Waals surface area contributed by atoms with E-state index in [9.17, 15) is 14.4 Å². The van der Waals surface area contributed by atoms with Gasteiger partial charge in [0.2, 0.25) is 5.91 Å². The van der Waals surface area contributed by atoms with E-state index < -0.39 is 11.9 Å². The van der Waals surface area contributed by atoms with Crippen LogP contribution in [0.25, 0.3) is 0 Å². The van der Waals surface area contributed by atoms with Gasteiger partial charge in [-0.2, -0.15) is 0 Å². The van der Waals surface area contributed by atoms with E-state index in [1.54, 1.807) is 24.3 Å². The Morgan fingerprint density at radius 2 is 1.70 bits per heavy atom. The molecule has 0 atom stereocenters. The number of methoxy groups -OCH3 is 2. The Morgan fingerprint density at radius 1 is 1.04 bits per heavy atom. The molecule has 27 heavy (non-hydrogen) atoms. The van der Waals surface area contributed by atoms with Crippen molar-refractivity contribution in [2.24, 2.45) is 0 Å². The molecule has 0 unspecified atom stereocenters. The fourth-order valence-corrected chi connectivity index (χ4v) is 3.01. The van der Waals surface area contributed by atoms with Crippen LogP contribution in [0.5, 0.6) is 0 Å². The average molecular weight is 374 g/mol. The van der Waals surface area contributed by atoms with Gasteiger partial charge in [-0.25, -0.2) is 9.59 Å². The first kappa shape index (κ1) is 20.5. The second-order valence-electron chi connectivity index (χ2n) is 6.47. The number of rotatable bonds is 7. The Kier molecular flexibility index (Phi) is 7.85. The van der Waals surface area contributed by atoms with Gasteiger partial charge in [0.1, 0.15) is 5.70 Å². The maximum Gasteiger partial charge on any atom is 0.354 e. The molecule has 1 amide bonds. The number of ether oxygens (including phenoxy) is 2. The van der Waals surface area contributed by atoms with Crippen molar-refractivity contribution in [2.45, 2.75) is 44.6 Å². The minimum atomic E-state index is -0.684. The zero-order valence-electron chi connectivity index (χ0n) is 15.7. The molecule has 0 spiro atoms. The molecule has 1 aromatic rings. The normalized spacial score (nSPS) is 15.0. The van der Waals surface area contributed by atoms with E-state index in [1.165, 1.54) is 33.5 Å². The molecule has 146 valence electrons. The van der Waals surface area contributed by atoms with Crippen LogP contribution in [-0.4, -0.2) is 38.1 Å². The number of carbonyl (C=O) groups excluding carboxylic acids is 3. The van der Waals surface area contributed by atoms with Crippen molar-refractivity contribution < 1.29 is 23.9 Å². The van der Waals surface area contributed by atoms with Gasteiger partial charge in [-0.05, 0) is 30.5 Å². The van der Waals surface area contributed by atoms with Crippen LogP contribution in [0.3, 0.4) is 0 Å². The van der Waals surface area contributed by atoms with Gasteiger partial charge < -0.3 is 20.1 Å². The lowest BCUT2D eigenvalue weighted by Gasteiger charge is -2.22. The summed E-state index contributed by atoms with van der Waals surface area (Å²) in [6.45, 7) is 0. The van der Waals surface area contributed by atoms with E-state index in [4.69, 9.17) is 0 Å². The van der Waals surface area contributed by atoms with Gasteiger partial charge in [0, 0.05) is 11.7 Å². The van der Waals surface area contributed by atoms with Crippen molar-refractivity contribution in [2.75, 3.05) is 19.5 Å². The highest BCUT2D eigenvalue weighted by molar-refractivity contribution is 5.98. The maximum absolute atomic E-state index is 12.2. The van der Waals surface area contributed by atoms with Crippen molar-refractivity contribution in [1.29, 1.82) is 0 Å². The van der Waals surface area contributed by atoms with E-state index >= 15 is 0 Å². The van der Waals surface area contributed by atoms with Gasteiger partial charge in [0.25, 0.3) is 0 Å². The molecule has 2 N–H and O–H groups in total. The van der Waals surface area contributed by atoms with E-state index in [0.717, 1.165) is 24.5 Å². The number of amides is 1. The van der Waals surface area contributed by atoms with Crippen LogP contribution in [0.15, 0.2) is 36.0 Å². The summed E-state index contributed by atoms with van der Waals surface area (Å²) in [6.07, 6.45) is 7.03. The first-order valence-corrected chi connectivity index (χ1v) is 9.05. The molecule has 1 aliphatic rings. The van der Waals surface area contributed by atoms with Crippen molar-refractivity contribution in [3.8, 4) is 0 Å². The lowest BCUT2D eigenvalue weighted by Crippen LogP contribution is -2.37. The van der Waals surface area contributed by atoms with Crippen molar-refractivity contribution in [1.82, 2.24) is 5.32 Å². The smallest absolute Gasteiger partial charge is 0.354 e. The second-order valence-corrected chi connectivity index (χ2v) is 6.47. The van der Waals surface area contributed by atoms with Crippen LogP contribution < -0.4 is 10.6 Å². The molecule has 1 aromatic carbocycles. The van der Waals surface area contributed by atoms with Crippen LogP contribution in [0.1, 0.15) is 37.7 Å². The monoisotopic (exact) mass is 374 g/mol. The van der Waals surface area contributed by atoms with Crippen LogP contribution in [0, 0.1) is 0 Å². The summed E-state index contributed by atoms with van der Waals surface area (Å²) < 4.78 is 9.18. The minimum absolute atomic E-state index is 0.0171. The fraction of sp³-hybridized carbons (Fsp3) is 0.450. The molecule has 0 aliphatic heterocycles. The molecule has 0 radical (unpaired) electrons. The van der Waals surface area contributed by atoms with Gasteiger partial charge in [0.05, 0.1) is 26.7 Å². The summed E-state index contributed by atoms with van der Waals surface area (Å²) in [7, 11) is 2.45. The quantitative estimate of drug-likeness (QED) is 0.562. The number of hydrogen-bond acceptors (Lipinski definition) is 6. The SMILES string of the molecule is COC(=O)/C=C(/Nc1ccc(CC(=O)NC2CCCCC2)cc1)C(=O)OC. The first-order valence-electron chi connectivity index (χ1n) is 9.05. The van der Waals surface area contributed by atoms with Crippen molar-refractivity contribution in [3.05, 3.63) is 41.6 Å². The Labute approximate surface area is 159 Å². The number of esters is 2. The molecule has 0 heterocycles. The van der Waals surface area contributed by atoms with Crippen LogP contribution in [-0.2, 0) is 30.3 Å². The van der Waals surface area contributed by atoms with Gasteiger partial charge in [0.15, 0.2) is 0 Å². The Bertz CT molecular complexity index is 691. The Balaban J connectivity index is 1.94. The molecule has 0 aromatic heterocycles. The van der Waals surface area contributed by atoms with Crippen LogP contribution in [0.2, 0.25) is 0 Å². The third-order valence-electron chi connectivity index (χ3n) is 4.44. The minimum Gasteiger partial charge on any atom is -0.466 e. The molecule has 0 bridgehead atoms. The molecular weight excluding hydrogens is 348 g/mol. The molecule has 0 saturated heterocycles. The van der Waals surface area contributed by atoms with E-state index in [0.29, 0.717) is 18.2 Å². The highest BCUT2D eigenvalue weighted by Gasteiger charge is 2.16. The zero-order valence-corrected chi connectivity index (χ0v) is 15.7. The van der Waals surface area contributed by atoms with Crippen molar-refractivity contribution in [3.63, 3.8) is 0 Å². The number of nitrogens with one attached hydrogen (secondary N) is 2. The van der Waals surface area contributed by atoms with Crippen LogP contribution in [0.4, 0.5) is 5.69 Å². The average Bonchev–Trinajstić information content (AvgIpc) is 2.68. The molecule has 2 rings (SSSR count). The second kappa shape index (κ2) is 10.4. The number of carbonyl (C=O) groups is 3. The Hall–Kier alpha value is -2.83. The molecule has 1 aliphatic carbocycles. The number of benzene rings is 1. The van der Waals surface area contributed by atoms with Crippen molar-refractivity contribution >= 4 is 23.5 Å². The van der Waals surface area contributed by atoms with Gasteiger partial charge in [-0.1, -0.05) is 31.4 Å². The maximum atomic E-state index is 12.2. The van der Waals surface area contributed by atoms with E-state index in [-0.39, 0.29) is 11.6 Å². The fourth-order valence-electron chi connectivity index (χ4n) is 3.01. The van der Waals surface area contributed by atoms with Crippen LogP contribution >= 0.6 is 0 Å². The van der Waals surface area contributed by atoms with Gasteiger partial charge in [-0.15, -0.1) is 0 Å². The summed E-state index contributed by atoms with van der Waals surface area (Å²) >= 11 is 0. The third-order valence-corrected chi connectivity index (χ3v) is 4.44. The zero-order chi connectivity index (χ0) is 19.6. The Morgan fingerprint density at radius 3 is 2.30 bits per heavy atom. The molecular formula is C20H26N2O5. The number of hydrogen-bond donors (Lipinski definition) is 2. The topological polar surface area (TPSA) is 93.7 Å². The standard InChI is InChI=1S/C20H26N2O5/c1-26-19(24)13-17(20(25)27-2)21-16-10-8-14(9-11-16)12-18(23)22-15-6-4-3-5-7-15/h8-11,13,15,21H,3-7,12H2,1-2H3,(H,22,23)/b17-13+. The third kappa shape index (κ3) is 6.77. The predicted octanol–water partition coefficient (Wildman–Crippen LogP) is 2.32. The highest BCUT2D eigenvalue weighted by Crippen LogP contribution is 2.18. The van der Waals surface area contributed by atoms with E-state index in [2.05, 4.69) is 20.1 Å².